The fourth-order valence-corrected chi connectivity index (χ4v) is 12.8. The Bertz CT molecular complexity index is 2310. The predicted octanol–water partition coefficient (Wildman–Crippen LogP) is 24.3. The van der Waals surface area contributed by atoms with Crippen molar-refractivity contribution in [2.75, 3.05) is 39.6 Å². The lowest BCUT2D eigenvalue weighted by atomic mass is 10.0. The molecule has 0 radical (unpaired) electrons. The highest BCUT2D eigenvalue weighted by Gasteiger charge is 2.29. The van der Waals surface area contributed by atoms with Gasteiger partial charge in [0.25, 0.3) is 0 Å². The van der Waals surface area contributed by atoms with E-state index < -0.39 is 91.5 Å². The van der Waals surface area contributed by atoms with Crippen molar-refractivity contribution in [1.29, 1.82) is 0 Å². The van der Waals surface area contributed by atoms with E-state index in [4.69, 9.17) is 32.3 Å². The lowest BCUT2D eigenvalue weighted by Crippen LogP contribution is -2.30. The van der Waals surface area contributed by atoms with Gasteiger partial charge >= 0.3 is 33.6 Å². The van der Waals surface area contributed by atoms with Gasteiger partial charge in [-0.25, -0.2) is 9.13 Å². The molecule has 0 aromatic carbocycles. The third-order valence-electron chi connectivity index (χ3n) is 17.5. The largest absolute Gasteiger partial charge is 0.472 e. The molecule has 5 unspecified atom stereocenters. The van der Waals surface area contributed by atoms with Crippen LogP contribution >= 0.6 is 15.6 Å². The quantitative estimate of drug-likeness (QED) is 0.0146. The first-order chi connectivity index (χ1) is 50.2. The number of allylic oxidation sites excluding steroid dienone is 18. The minimum absolute atomic E-state index is 0.106. The molecule has 0 aromatic heterocycles. The van der Waals surface area contributed by atoms with Crippen LogP contribution in [0.15, 0.2) is 109 Å². The number of aliphatic hydroxyl groups is 2. The molecule has 0 spiro atoms. The van der Waals surface area contributed by atoms with E-state index in [-0.39, 0.29) is 19.3 Å². The zero-order valence-electron chi connectivity index (χ0n) is 65.2. The van der Waals surface area contributed by atoms with E-state index in [9.17, 15) is 43.5 Å². The molecule has 0 heterocycles. The summed E-state index contributed by atoms with van der Waals surface area (Å²) in [7, 11) is -9.79. The van der Waals surface area contributed by atoms with Crippen molar-refractivity contribution in [1.82, 2.24) is 0 Å². The van der Waals surface area contributed by atoms with E-state index in [0.29, 0.717) is 19.3 Å². The zero-order valence-corrected chi connectivity index (χ0v) is 67.0. The van der Waals surface area contributed by atoms with Crippen molar-refractivity contribution in [3.05, 3.63) is 109 Å². The summed E-state index contributed by atoms with van der Waals surface area (Å²) in [4.78, 5) is 58.7. The first-order valence-corrected chi connectivity index (χ1v) is 44.2. The summed E-state index contributed by atoms with van der Waals surface area (Å²) in [6.45, 7) is 2.57. The smallest absolute Gasteiger partial charge is 0.463 e. The molecule has 0 aliphatic carbocycles. The number of carbonyl (C=O) groups excluding carboxylic acids is 3. The second kappa shape index (κ2) is 77.8. The normalized spacial score (nSPS) is 14.5. The third kappa shape index (κ3) is 79.1. The molecule has 0 rings (SSSR count). The van der Waals surface area contributed by atoms with Crippen LogP contribution in [0.25, 0.3) is 0 Å². The molecule has 16 nitrogen and oxygen atoms in total. The van der Waals surface area contributed by atoms with Gasteiger partial charge in [0.15, 0.2) is 6.10 Å². The number of esters is 3. The molecule has 0 fully saturated rings. The minimum Gasteiger partial charge on any atom is -0.463 e. The molecule has 0 saturated carbocycles. The molecule has 0 amide bonds. The van der Waals surface area contributed by atoms with E-state index in [2.05, 4.69) is 130 Å². The van der Waals surface area contributed by atoms with Crippen LogP contribution in [-0.2, 0) is 55.8 Å². The molecule has 0 aliphatic heterocycles. The van der Waals surface area contributed by atoms with E-state index in [0.717, 1.165) is 148 Å². The number of hydrogen-bond acceptors (Lipinski definition) is 14. The summed E-state index contributed by atoms with van der Waals surface area (Å²) in [5.74, 6) is -1.57. The monoisotopic (exact) mass is 1490 g/mol. The number of aliphatic hydroxyl groups excluding tert-OH is 2. The van der Waals surface area contributed by atoms with Crippen LogP contribution in [0, 0.1) is 0 Å². The number of ether oxygens (including phenoxy) is 3. The molecule has 596 valence electrons. The van der Waals surface area contributed by atoms with Gasteiger partial charge in [-0.05, 0) is 109 Å². The lowest BCUT2D eigenvalue weighted by molar-refractivity contribution is -0.161. The highest BCUT2D eigenvalue weighted by atomic mass is 31.2. The Morgan fingerprint density at radius 1 is 0.282 bits per heavy atom. The lowest BCUT2D eigenvalue weighted by Gasteiger charge is -2.21. The van der Waals surface area contributed by atoms with Crippen LogP contribution in [0.2, 0.25) is 0 Å². The standard InChI is InChI=1S/C85H150O16P2/c1-4-7-10-13-16-19-22-25-28-30-32-33-34-35-36-37-38-39-40-41-42-43-44-45-47-49-51-53-56-59-62-65-68-71-83(88)95-74-80(86)75-97-102(91,92)98-76-81(87)77-99-103(93,94)100-79-82(101-85(90)73-70-67-64-61-58-55-50-27-24-21-18-15-12-9-6-3)78-96-84(89)72-69-66-63-60-57-54-52-48-46-31-29-26-23-20-17-14-11-8-5-2/h7,10,16-17,19-20,25-26,28-29,32-33,35-36,38-39,46,48,80-82,86-87H,4-6,8-9,11-15,18,21-24,27,30-31,34,37,40-45,47,49-79H2,1-3H3,(H,91,92)(H,93,94)/b10-7-,19-16-,20-17-,28-25-,29-26-,33-32-,36-35-,39-38-,48-46-. The average molecular weight is 1490 g/mol. The highest BCUT2D eigenvalue weighted by Crippen LogP contribution is 2.45. The molecule has 0 aliphatic rings. The number of rotatable bonds is 78. The Labute approximate surface area is 628 Å². The molecule has 4 N–H and O–H groups in total. The summed E-state index contributed by atoms with van der Waals surface area (Å²) in [5, 5.41) is 20.7. The van der Waals surface area contributed by atoms with Gasteiger partial charge in [0.2, 0.25) is 0 Å². The van der Waals surface area contributed by atoms with E-state index in [1.165, 1.54) is 148 Å². The van der Waals surface area contributed by atoms with E-state index in [1.54, 1.807) is 0 Å². The maximum atomic E-state index is 13.0. The molecule has 18 heteroatoms. The van der Waals surface area contributed by atoms with Gasteiger partial charge in [-0.2, -0.15) is 0 Å². The number of hydrogen-bond donors (Lipinski definition) is 4. The first-order valence-electron chi connectivity index (χ1n) is 41.2. The molecule has 5 atom stereocenters. The van der Waals surface area contributed by atoms with Crippen LogP contribution in [0.3, 0.4) is 0 Å². The van der Waals surface area contributed by atoms with Crippen LogP contribution < -0.4 is 0 Å². The van der Waals surface area contributed by atoms with Crippen molar-refractivity contribution < 1.29 is 75.8 Å². The number of phosphoric ester groups is 2. The Morgan fingerprint density at radius 3 is 0.835 bits per heavy atom. The third-order valence-corrected chi connectivity index (χ3v) is 19.4. The maximum Gasteiger partial charge on any atom is 0.472 e. The van der Waals surface area contributed by atoms with E-state index >= 15 is 0 Å². The van der Waals surface area contributed by atoms with Crippen molar-refractivity contribution in [2.24, 2.45) is 0 Å². The fourth-order valence-electron chi connectivity index (χ4n) is 11.2. The average Bonchev–Trinajstić information content (AvgIpc) is 0.916. The highest BCUT2D eigenvalue weighted by molar-refractivity contribution is 7.47. The number of unbranched alkanes of at least 4 members (excludes halogenated alkanes) is 37. The topological polar surface area (TPSA) is 231 Å². The molecule has 103 heavy (non-hydrogen) atoms. The second-order valence-electron chi connectivity index (χ2n) is 27.6. The van der Waals surface area contributed by atoms with Crippen molar-refractivity contribution in [3.63, 3.8) is 0 Å². The Kier molecular flexibility index (Phi) is 74.9. The molecule has 0 saturated heterocycles. The van der Waals surface area contributed by atoms with Gasteiger partial charge < -0.3 is 34.2 Å². The van der Waals surface area contributed by atoms with Crippen LogP contribution in [-0.4, -0.2) is 95.9 Å². The Balaban J connectivity index is 4.44. The summed E-state index contributed by atoms with van der Waals surface area (Å²) in [6.07, 6.45) is 91.4. The van der Waals surface area contributed by atoms with Crippen LogP contribution in [0.1, 0.15) is 355 Å². The van der Waals surface area contributed by atoms with Crippen molar-refractivity contribution in [3.8, 4) is 0 Å². The Hall–Kier alpha value is -3.79. The first kappa shape index (κ1) is 99.2. The van der Waals surface area contributed by atoms with Crippen LogP contribution in [0.4, 0.5) is 0 Å². The van der Waals surface area contributed by atoms with Gasteiger partial charge in [0, 0.05) is 19.3 Å². The summed E-state index contributed by atoms with van der Waals surface area (Å²) in [5.41, 5.74) is 0. The second-order valence-corrected chi connectivity index (χ2v) is 30.5. The van der Waals surface area contributed by atoms with Gasteiger partial charge in [0.1, 0.15) is 25.4 Å². The molecule has 0 bridgehead atoms. The number of carbonyl (C=O) groups is 3. The van der Waals surface area contributed by atoms with Gasteiger partial charge in [-0.15, -0.1) is 0 Å². The van der Waals surface area contributed by atoms with Crippen molar-refractivity contribution in [2.45, 2.75) is 373 Å². The summed E-state index contributed by atoms with van der Waals surface area (Å²) in [6, 6.07) is 0. The SMILES string of the molecule is CC/C=C\C/C=C\C/C=C\C/C=C\C/C=C\C/C=C\CCCCCCCCCCCCCCCCC(=O)OCC(O)COP(=O)(O)OCC(O)COP(=O)(O)OCC(COC(=O)CCCCCCCC/C=C\C/C=C\C/C=C\CCCCC)OC(=O)CCCCCCCCCCCCCCCCC. The predicted molar refractivity (Wildman–Crippen MR) is 427 cm³/mol. The Morgan fingerprint density at radius 2 is 0.515 bits per heavy atom. The van der Waals surface area contributed by atoms with Gasteiger partial charge in [-0.1, -0.05) is 336 Å². The molecular weight excluding hydrogens is 1340 g/mol. The van der Waals surface area contributed by atoms with Gasteiger partial charge in [-0.3, -0.25) is 32.5 Å². The van der Waals surface area contributed by atoms with Crippen molar-refractivity contribution >= 4 is 33.6 Å². The minimum atomic E-state index is -4.93. The molecular formula is C85H150O16P2. The van der Waals surface area contributed by atoms with Gasteiger partial charge in [0.05, 0.1) is 26.4 Å². The van der Waals surface area contributed by atoms with Crippen LogP contribution in [0.5, 0.6) is 0 Å². The zero-order chi connectivity index (χ0) is 75.2. The maximum absolute atomic E-state index is 13.0. The molecule has 0 aromatic rings. The number of phosphoric acid groups is 2. The summed E-state index contributed by atoms with van der Waals surface area (Å²) < 4.78 is 61.2. The fraction of sp³-hybridized carbons (Fsp3) is 0.753. The summed E-state index contributed by atoms with van der Waals surface area (Å²) >= 11 is 0. The van der Waals surface area contributed by atoms with E-state index in [1.807, 2.05) is 0 Å².